The molecule has 1 aromatic heterocycles. The molecule has 0 saturated carbocycles. The number of hydrogen-bond donors (Lipinski definition) is 1. The topological polar surface area (TPSA) is 23.5 Å². The molecular weight excluding hydrogens is 170 g/mol. The number of aliphatic hydroxyl groups excluding tert-OH is 1. The number of β-amino-alcohol motifs (C(OH)–C–C–N with tert-alkyl or cyclic N) is 1. The van der Waals surface area contributed by atoms with E-state index in [4.69, 9.17) is 5.11 Å². The second-order valence-corrected chi connectivity index (χ2v) is 4.12. The lowest BCUT2D eigenvalue weighted by molar-refractivity contribution is 0.185. The van der Waals surface area contributed by atoms with Crippen molar-refractivity contribution < 1.29 is 5.11 Å². The molecule has 12 heavy (non-hydrogen) atoms. The number of rotatable bonds is 2. The van der Waals surface area contributed by atoms with Crippen LogP contribution in [0.15, 0.2) is 11.4 Å². The summed E-state index contributed by atoms with van der Waals surface area (Å²) in [5.74, 6) is 0. The predicted octanol–water partition coefficient (Wildman–Crippen LogP) is 1.10. The average Bonchev–Trinajstić information content (AvgIpc) is 2.51. The van der Waals surface area contributed by atoms with Crippen molar-refractivity contribution in [1.82, 2.24) is 4.90 Å². The minimum atomic E-state index is 0.277. The summed E-state index contributed by atoms with van der Waals surface area (Å²) < 4.78 is 0. The van der Waals surface area contributed by atoms with Crippen molar-refractivity contribution in [2.45, 2.75) is 13.0 Å². The Kier molecular flexibility index (Phi) is 2.44. The quantitative estimate of drug-likeness (QED) is 0.742. The van der Waals surface area contributed by atoms with Crippen molar-refractivity contribution in [3.05, 3.63) is 21.9 Å². The standard InChI is InChI=1S/C9H13NOS/c11-5-4-10-3-1-9-8(7-10)2-6-12-9/h2,6,11H,1,3-5,7H2. The van der Waals surface area contributed by atoms with Gasteiger partial charge >= 0.3 is 0 Å². The summed E-state index contributed by atoms with van der Waals surface area (Å²) in [6.45, 7) is 3.22. The molecule has 66 valence electrons. The molecule has 1 aliphatic heterocycles. The van der Waals surface area contributed by atoms with E-state index in [1.807, 2.05) is 11.3 Å². The molecule has 1 aromatic rings. The molecule has 0 atom stereocenters. The van der Waals surface area contributed by atoms with Crippen LogP contribution in [0, 0.1) is 0 Å². The van der Waals surface area contributed by atoms with Crippen LogP contribution in [0.1, 0.15) is 10.4 Å². The van der Waals surface area contributed by atoms with E-state index < -0.39 is 0 Å². The van der Waals surface area contributed by atoms with Gasteiger partial charge in [0.2, 0.25) is 0 Å². The van der Waals surface area contributed by atoms with Gasteiger partial charge in [0.15, 0.2) is 0 Å². The molecule has 0 amide bonds. The largest absolute Gasteiger partial charge is 0.395 e. The van der Waals surface area contributed by atoms with E-state index in [-0.39, 0.29) is 6.61 Å². The molecule has 0 spiro atoms. The van der Waals surface area contributed by atoms with Gasteiger partial charge in [-0.2, -0.15) is 0 Å². The lowest BCUT2D eigenvalue weighted by Crippen LogP contribution is -2.31. The smallest absolute Gasteiger partial charge is 0.0558 e. The highest BCUT2D eigenvalue weighted by Gasteiger charge is 2.15. The molecule has 0 fully saturated rings. The Labute approximate surface area is 76.4 Å². The van der Waals surface area contributed by atoms with Gasteiger partial charge in [-0.1, -0.05) is 0 Å². The zero-order valence-electron chi connectivity index (χ0n) is 6.99. The third-order valence-electron chi connectivity index (χ3n) is 2.30. The summed E-state index contributed by atoms with van der Waals surface area (Å²) in [5, 5.41) is 10.9. The summed E-state index contributed by atoms with van der Waals surface area (Å²) in [6, 6.07) is 2.20. The van der Waals surface area contributed by atoms with Gasteiger partial charge in [0.05, 0.1) is 6.61 Å². The maximum Gasteiger partial charge on any atom is 0.0558 e. The second kappa shape index (κ2) is 3.56. The minimum Gasteiger partial charge on any atom is -0.395 e. The lowest BCUT2D eigenvalue weighted by Gasteiger charge is -2.25. The first-order chi connectivity index (χ1) is 5.90. The van der Waals surface area contributed by atoms with E-state index >= 15 is 0 Å². The SMILES string of the molecule is OCCN1CCc2sccc2C1. The molecule has 2 nitrogen and oxygen atoms in total. The van der Waals surface area contributed by atoms with Crippen LogP contribution in [0.25, 0.3) is 0 Å². The van der Waals surface area contributed by atoms with Crippen molar-refractivity contribution in [3.63, 3.8) is 0 Å². The molecule has 2 rings (SSSR count). The summed E-state index contributed by atoms with van der Waals surface area (Å²) in [7, 11) is 0. The first-order valence-electron chi connectivity index (χ1n) is 4.28. The maximum absolute atomic E-state index is 8.78. The molecule has 1 aliphatic rings. The van der Waals surface area contributed by atoms with Crippen LogP contribution in [0.5, 0.6) is 0 Å². The number of fused-ring (bicyclic) bond motifs is 1. The van der Waals surface area contributed by atoms with Crippen LogP contribution in [0.4, 0.5) is 0 Å². The van der Waals surface area contributed by atoms with Crippen LogP contribution in [0.2, 0.25) is 0 Å². The normalized spacial score (nSPS) is 17.8. The Morgan fingerprint density at radius 3 is 3.33 bits per heavy atom. The molecule has 0 unspecified atom stereocenters. The monoisotopic (exact) mass is 183 g/mol. The molecular formula is C9H13NOS. The second-order valence-electron chi connectivity index (χ2n) is 3.12. The molecule has 0 aromatic carbocycles. The van der Waals surface area contributed by atoms with E-state index in [0.717, 1.165) is 26.1 Å². The number of thiophene rings is 1. The highest BCUT2D eigenvalue weighted by atomic mass is 32.1. The Morgan fingerprint density at radius 2 is 2.50 bits per heavy atom. The Morgan fingerprint density at radius 1 is 1.58 bits per heavy atom. The van der Waals surface area contributed by atoms with Crippen LogP contribution in [-0.4, -0.2) is 29.7 Å². The Balaban J connectivity index is 2.05. The highest BCUT2D eigenvalue weighted by molar-refractivity contribution is 7.10. The molecule has 0 aliphatic carbocycles. The summed E-state index contributed by atoms with van der Waals surface area (Å²) >= 11 is 1.86. The van der Waals surface area contributed by atoms with Crippen LogP contribution in [-0.2, 0) is 13.0 Å². The van der Waals surface area contributed by atoms with Gasteiger partial charge in [0.25, 0.3) is 0 Å². The van der Waals surface area contributed by atoms with Crippen LogP contribution in [0.3, 0.4) is 0 Å². The van der Waals surface area contributed by atoms with E-state index in [1.54, 1.807) is 0 Å². The van der Waals surface area contributed by atoms with E-state index in [0.29, 0.717) is 0 Å². The van der Waals surface area contributed by atoms with E-state index in [9.17, 15) is 0 Å². The molecule has 0 bridgehead atoms. The lowest BCUT2D eigenvalue weighted by atomic mass is 10.1. The molecule has 1 N–H and O–H groups in total. The van der Waals surface area contributed by atoms with Crippen molar-refractivity contribution in [3.8, 4) is 0 Å². The molecule has 2 heterocycles. The van der Waals surface area contributed by atoms with Gasteiger partial charge in [0.1, 0.15) is 0 Å². The number of hydrogen-bond acceptors (Lipinski definition) is 3. The Bertz CT molecular complexity index is 259. The van der Waals surface area contributed by atoms with Gasteiger partial charge in [0, 0.05) is 24.5 Å². The first-order valence-corrected chi connectivity index (χ1v) is 5.16. The van der Waals surface area contributed by atoms with Crippen LogP contribution >= 0.6 is 11.3 Å². The van der Waals surface area contributed by atoms with Crippen LogP contribution < -0.4 is 0 Å². The van der Waals surface area contributed by atoms with Gasteiger partial charge < -0.3 is 5.11 Å². The number of aliphatic hydroxyl groups is 1. The van der Waals surface area contributed by atoms with E-state index in [2.05, 4.69) is 16.3 Å². The van der Waals surface area contributed by atoms with Gasteiger partial charge in [-0.25, -0.2) is 0 Å². The highest BCUT2D eigenvalue weighted by Crippen LogP contribution is 2.23. The van der Waals surface area contributed by atoms with Gasteiger partial charge in [-0.15, -0.1) is 11.3 Å². The van der Waals surface area contributed by atoms with Crippen molar-refractivity contribution in [2.75, 3.05) is 19.7 Å². The summed E-state index contributed by atoms with van der Waals surface area (Å²) in [4.78, 5) is 3.83. The van der Waals surface area contributed by atoms with Crippen molar-refractivity contribution in [1.29, 1.82) is 0 Å². The first kappa shape index (κ1) is 8.23. The summed E-state index contributed by atoms with van der Waals surface area (Å²) in [5.41, 5.74) is 1.46. The third-order valence-corrected chi connectivity index (χ3v) is 3.33. The fourth-order valence-corrected chi connectivity index (χ4v) is 2.53. The zero-order chi connectivity index (χ0) is 8.39. The van der Waals surface area contributed by atoms with Crippen molar-refractivity contribution in [2.24, 2.45) is 0 Å². The molecule has 0 radical (unpaired) electrons. The van der Waals surface area contributed by atoms with Gasteiger partial charge in [-0.3, -0.25) is 4.90 Å². The minimum absolute atomic E-state index is 0.277. The zero-order valence-corrected chi connectivity index (χ0v) is 7.81. The Hall–Kier alpha value is -0.380. The number of nitrogens with zero attached hydrogens (tertiary/aromatic N) is 1. The predicted molar refractivity (Wildman–Crippen MR) is 50.4 cm³/mol. The van der Waals surface area contributed by atoms with Crippen molar-refractivity contribution >= 4 is 11.3 Å². The van der Waals surface area contributed by atoms with E-state index in [1.165, 1.54) is 10.4 Å². The summed E-state index contributed by atoms with van der Waals surface area (Å²) in [6.07, 6.45) is 1.16. The fourth-order valence-electron chi connectivity index (χ4n) is 1.64. The van der Waals surface area contributed by atoms with Gasteiger partial charge in [-0.05, 0) is 23.4 Å². The maximum atomic E-state index is 8.78. The fraction of sp³-hybridized carbons (Fsp3) is 0.556. The molecule has 3 heteroatoms. The third kappa shape index (κ3) is 1.53. The molecule has 0 saturated heterocycles. The average molecular weight is 183 g/mol.